The average molecular weight is 450 g/mol. The number of carbonyl (C=O) groups is 1. The molecule has 1 amide bonds. The van der Waals surface area contributed by atoms with Gasteiger partial charge in [-0.1, -0.05) is 35.9 Å². The number of imidazole rings is 1. The summed E-state index contributed by atoms with van der Waals surface area (Å²) < 4.78 is 12.7. The predicted octanol–water partition coefficient (Wildman–Crippen LogP) is 5.25. The van der Waals surface area contributed by atoms with Crippen LogP contribution in [-0.4, -0.2) is 29.7 Å². The molecular weight excluding hydrogens is 426 g/mol. The van der Waals surface area contributed by atoms with Crippen LogP contribution in [0.25, 0.3) is 11.0 Å². The van der Waals surface area contributed by atoms with Gasteiger partial charge in [-0.3, -0.25) is 4.79 Å². The number of nitrogens with one attached hydrogen (secondary N) is 1. The summed E-state index contributed by atoms with van der Waals surface area (Å²) in [5.41, 5.74) is 3.46. The smallest absolute Gasteiger partial charge is 0.251 e. The summed E-state index contributed by atoms with van der Waals surface area (Å²) in [5, 5.41) is 3.75. The van der Waals surface area contributed by atoms with Gasteiger partial charge in [0.25, 0.3) is 5.91 Å². The van der Waals surface area contributed by atoms with Crippen LogP contribution in [-0.2, 0) is 6.54 Å². The van der Waals surface area contributed by atoms with E-state index in [4.69, 9.17) is 26.1 Å². The van der Waals surface area contributed by atoms with Crippen LogP contribution in [0.3, 0.4) is 0 Å². The Morgan fingerprint density at radius 2 is 1.75 bits per heavy atom. The third kappa shape index (κ3) is 4.41. The van der Waals surface area contributed by atoms with Crippen molar-refractivity contribution in [1.82, 2.24) is 14.9 Å². The maximum absolute atomic E-state index is 13.0. The van der Waals surface area contributed by atoms with Gasteiger partial charge >= 0.3 is 0 Å². The molecule has 0 aliphatic rings. The summed E-state index contributed by atoms with van der Waals surface area (Å²) in [4.78, 5) is 17.8. The highest BCUT2D eigenvalue weighted by molar-refractivity contribution is 6.30. The van der Waals surface area contributed by atoms with Crippen LogP contribution >= 0.6 is 11.6 Å². The maximum atomic E-state index is 13.0. The third-order valence-electron chi connectivity index (χ3n) is 5.32. The van der Waals surface area contributed by atoms with Crippen LogP contribution in [0.5, 0.6) is 11.5 Å². The Balaban J connectivity index is 1.64. The summed E-state index contributed by atoms with van der Waals surface area (Å²) in [6, 6.07) is 20.4. The summed E-state index contributed by atoms with van der Waals surface area (Å²) in [6.45, 7) is 2.54. The molecular formula is C25H24ClN3O3. The molecule has 164 valence electrons. The molecule has 0 aliphatic heterocycles. The summed E-state index contributed by atoms with van der Waals surface area (Å²) in [5.74, 6) is 1.63. The number of halogens is 1. The average Bonchev–Trinajstić information content (AvgIpc) is 3.18. The summed E-state index contributed by atoms with van der Waals surface area (Å²) in [7, 11) is 3.10. The van der Waals surface area contributed by atoms with E-state index in [1.165, 1.54) is 0 Å². The second-order valence-corrected chi connectivity index (χ2v) is 7.87. The highest BCUT2D eigenvalue weighted by Gasteiger charge is 2.20. The van der Waals surface area contributed by atoms with Crippen LogP contribution in [0.4, 0.5) is 0 Å². The molecule has 1 heterocycles. The van der Waals surface area contributed by atoms with Crippen molar-refractivity contribution in [2.45, 2.75) is 19.5 Å². The normalized spacial score (nSPS) is 11.9. The number of amides is 1. The van der Waals surface area contributed by atoms with E-state index >= 15 is 0 Å². The van der Waals surface area contributed by atoms with Crippen molar-refractivity contribution < 1.29 is 14.3 Å². The van der Waals surface area contributed by atoms with E-state index in [1.807, 2.05) is 55.5 Å². The number of fused-ring (bicyclic) bond motifs is 1. The second kappa shape index (κ2) is 9.32. The van der Waals surface area contributed by atoms with E-state index in [0.29, 0.717) is 28.6 Å². The van der Waals surface area contributed by atoms with Gasteiger partial charge < -0.3 is 19.4 Å². The molecule has 0 saturated heterocycles. The minimum atomic E-state index is -0.324. The van der Waals surface area contributed by atoms with Gasteiger partial charge in [-0.05, 0) is 55.0 Å². The van der Waals surface area contributed by atoms with Gasteiger partial charge in [-0.25, -0.2) is 4.98 Å². The summed E-state index contributed by atoms with van der Waals surface area (Å²) >= 11 is 6.04. The largest absolute Gasteiger partial charge is 0.493 e. The molecule has 1 atom stereocenters. The molecule has 4 aromatic rings. The van der Waals surface area contributed by atoms with E-state index in [9.17, 15) is 4.79 Å². The van der Waals surface area contributed by atoms with Gasteiger partial charge in [0.2, 0.25) is 0 Å². The molecule has 0 radical (unpaired) electrons. The lowest BCUT2D eigenvalue weighted by atomic mass is 10.1. The van der Waals surface area contributed by atoms with Crippen molar-refractivity contribution >= 4 is 28.5 Å². The van der Waals surface area contributed by atoms with Crippen molar-refractivity contribution in [3.8, 4) is 11.5 Å². The first-order chi connectivity index (χ1) is 15.5. The van der Waals surface area contributed by atoms with E-state index in [0.717, 1.165) is 22.4 Å². The molecule has 32 heavy (non-hydrogen) atoms. The van der Waals surface area contributed by atoms with Gasteiger partial charge in [0.15, 0.2) is 11.5 Å². The van der Waals surface area contributed by atoms with Gasteiger partial charge in [0.05, 0.1) is 31.3 Å². The zero-order valence-corrected chi connectivity index (χ0v) is 18.9. The Kier molecular flexibility index (Phi) is 6.32. The zero-order chi connectivity index (χ0) is 22.7. The van der Waals surface area contributed by atoms with Crippen molar-refractivity contribution in [3.63, 3.8) is 0 Å². The minimum Gasteiger partial charge on any atom is -0.493 e. The SMILES string of the molecule is COc1ccc(C(=O)NC(C)c2nc3ccccc3n2Cc2ccc(Cl)cc2)cc1OC. The first-order valence-electron chi connectivity index (χ1n) is 10.2. The zero-order valence-electron chi connectivity index (χ0n) is 18.1. The van der Waals surface area contributed by atoms with E-state index in [1.54, 1.807) is 32.4 Å². The van der Waals surface area contributed by atoms with E-state index < -0.39 is 0 Å². The Morgan fingerprint density at radius 3 is 2.47 bits per heavy atom. The van der Waals surface area contributed by atoms with Crippen LogP contribution in [0.15, 0.2) is 66.7 Å². The predicted molar refractivity (Wildman–Crippen MR) is 126 cm³/mol. The van der Waals surface area contributed by atoms with Crippen molar-refractivity contribution in [3.05, 3.63) is 88.7 Å². The Labute approximate surface area is 191 Å². The quantitative estimate of drug-likeness (QED) is 0.418. The number of ether oxygens (including phenoxy) is 2. The highest BCUT2D eigenvalue weighted by atomic mass is 35.5. The number of benzene rings is 3. The number of carbonyl (C=O) groups excluding carboxylic acids is 1. The Morgan fingerprint density at radius 1 is 1.03 bits per heavy atom. The molecule has 4 rings (SSSR count). The van der Waals surface area contributed by atoms with Crippen LogP contribution in [0, 0.1) is 0 Å². The molecule has 1 N–H and O–H groups in total. The monoisotopic (exact) mass is 449 g/mol. The number of hydrogen-bond acceptors (Lipinski definition) is 4. The lowest BCUT2D eigenvalue weighted by Gasteiger charge is -2.17. The van der Waals surface area contributed by atoms with Crippen molar-refractivity contribution in [2.75, 3.05) is 14.2 Å². The van der Waals surface area contributed by atoms with Crippen LogP contribution in [0.2, 0.25) is 5.02 Å². The fourth-order valence-corrected chi connectivity index (χ4v) is 3.81. The third-order valence-corrected chi connectivity index (χ3v) is 5.57. The number of hydrogen-bond donors (Lipinski definition) is 1. The maximum Gasteiger partial charge on any atom is 0.251 e. The Hall–Kier alpha value is -3.51. The number of aromatic nitrogens is 2. The molecule has 6 nitrogen and oxygen atoms in total. The lowest BCUT2D eigenvalue weighted by molar-refractivity contribution is 0.0937. The minimum absolute atomic E-state index is 0.219. The van der Waals surface area contributed by atoms with E-state index in [-0.39, 0.29) is 11.9 Å². The van der Waals surface area contributed by atoms with Crippen LogP contribution in [0.1, 0.15) is 34.7 Å². The summed E-state index contributed by atoms with van der Waals surface area (Å²) in [6.07, 6.45) is 0. The van der Waals surface area contributed by atoms with Crippen molar-refractivity contribution in [1.29, 1.82) is 0 Å². The molecule has 0 bridgehead atoms. The van der Waals surface area contributed by atoms with Gasteiger partial charge in [-0.2, -0.15) is 0 Å². The topological polar surface area (TPSA) is 65.4 Å². The standard InChI is InChI=1S/C25H24ClN3O3/c1-16(27-25(30)18-10-13-22(31-2)23(14-18)32-3)24-28-20-6-4-5-7-21(20)29(24)15-17-8-11-19(26)12-9-17/h4-14,16H,15H2,1-3H3,(H,27,30). The molecule has 0 aliphatic carbocycles. The molecule has 7 heteroatoms. The molecule has 0 spiro atoms. The fourth-order valence-electron chi connectivity index (χ4n) is 3.69. The van der Waals surface area contributed by atoms with Gasteiger partial charge in [0, 0.05) is 17.1 Å². The highest BCUT2D eigenvalue weighted by Crippen LogP contribution is 2.28. The number of methoxy groups -OCH3 is 2. The van der Waals surface area contributed by atoms with Crippen molar-refractivity contribution in [2.24, 2.45) is 0 Å². The number of para-hydroxylation sites is 2. The first-order valence-corrected chi connectivity index (χ1v) is 10.6. The van der Waals surface area contributed by atoms with Gasteiger partial charge in [-0.15, -0.1) is 0 Å². The van der Waals surface area contributed by atoms with E-state index in [2.05, 4.69) is 9.88 Å². The molecule has 3 aromatic carbocycles. The second-order valence-electron chi connectivity index (χ2n) is 7.44. The molecule has 0 fully saturated rings. The molecule has 0 saturated carbocycles. The van der Waals surface area contributed by atoms with Crippen LogP contribution < -0.4 is 14.8 Å². The number of rotatable bonds is 7. The molecule has 1 unspecified atom stereocenters. The Bertz CT molecular complexity index is 1250. The first kappa shape index (κ1) is 21.7. The molecule has 1 aromatic heterocycles. The van der Waals surface area contributed by atoms with Gasteiger partial charge in [0.1, 0.15) is 5.82 Å². The number of nitrogens with zero attached hydrogens (tertiary/aromatic N) is 2. The lowest BCUT2D eigenvalue weighted by Crippen LogP contribution is -2.29. The fraction of sp³-hybridized carbons (Fsp3) is 0.200.